The average molecular weight is 221 g/mol. The van der Waals surface area contributed by atoms with Crippen LogP contribution in [0.25, 0.3) is 10.8 Å². The lowest BCUT2D eigenvalue weighted by atomic mass is 9.94. The smallest absolute Gasteiger partial charge is 0.0496 e. The number of rotatable bonds is 1. The van der Waals surface area contributed by atoms with Crippen LogP contribution in [0.5, 0.6) is 0 Å². The fourth-order valence-corrected chi connectivity index (χ4v) is 2.27. The lowest BCUT2D eigenvalue weighted by molar-refractivity contribution is 0.842. The van der Waals surface area contributed by atoms with Crippen LogP contribution in [0.1, 0.15) is 18.4 Å². The van der Waals surface area contributed by atoms with Gasteiger partial charge in [0.1, 0.15) is 0 Å². The Bertz CT molecular complexity index is 608. The first-order valence-corrected chi connectivity index (χ1v) is 6.01. The molecule has 1 unspecified atom stereocenters. The van der Waals surface area contributed by atoms with E-state index < -0.39 is 0 Å². The molecule has 0 aromatic heterocycles. The van der Waals surface area contributed by atoms with E-state index in [1.54, 1.807) is 0 Å². The van der Waals surface area contributed by atoms with E-state index in [4.69, 9.17) is 0 Å². The lowest BCUT2D eigenvalue weighted by Crippen LogP contribution is -2.06. The third-order valence-electron chi connectivity index (χ3n) is 3.31. The highest BCUT2D eigenvalue weighted by Gasteiger charge is 2.10. The average Bonchev–Trinajstić information content (AvgIpc) is 2.39. The quantitative estimate of drug-likeness (QED) is 0.691. The Hall–Kier alpha value is -1.89. The van der Waals surface area contributed by atoms with Gasteiger partial charge in [-0.1, -0.05) is 48.5 Å². The summed E-state index contributed by atoms with van der Waals surface area (Å²) in [6, 6.07) is 15.2. The number of hydrogen-bond donors (Lipinski definition) is 0. The van der Waals surface area contributed by atoms with E-state index in [1.807, 2.05) is 6.92 Å². The summed E-state index contributed by atoms with van der Waals surface area (Å²) in [5, 5.41) is 2.61. The molecule has 1 heterocycles. The summed E-state index contributed by atoms with van der Waals surface area (Å²) in [4.78, 5) is 4.50. The number of aliphatic imine (C=N–C) groups is 1. The molecule has 0 amide bonds. The van der Waals surface area contributed by atoms with Gasteiger partial charge in [0.2, 0.25) is 0 Å². The Balaban J connectivity index is 1.99. The first-order valence-electron chi connectivity index (χ1n) is 6.01. The third kappa shape index (κ3) is 2.01. The Morgan fingerprint density at radius 2 is 1.88 bits per heavy atom. The van der Waals surface area contributed by atoms with Crippen LogP contribution in [0.4, 0.5) is 0 Å². The van der Waals surface area contributed by atoms with Crippen LogP contribution in [0.3, 0.4) is 0 Å². The van der Waals surface area contributed by atoms with Crippen LogP contribution in [0.15, 0.2) is 59.6 Å². The predicted molar refractivity (Wildman–Crippen MR) is 73.8 cm³/mol. The zero-order chi connectivity index (χ0) is 11.7. The highest BCUT2D eigenvalue weighted by Crippen LogP contribution is 2.24. The van der Waals surface area contributed by atoms with Crippen LogP contribution < -0.4 is 0 Å². The maximum Gasteiger partial charge on any atom is 0.0496 e. The molecular formula is C16H15N. The number of allylic oxidation sites excluding steroid dienone is 1. The molecule has 0 bridgehead atoms. The van der Waals surface area contributed by atoms with Crippen LogP contribution in [0, 0.1) is 0 Å². The number of benzene rings is 2. The van der Waals surface area contributed by atoms with E-state index in [-0.39, 0.29) is 0 Å². The lowest BCUT2D eigenvalue weighted by Gasteiger charge is -2.15. The number of hydrogen-bond acceptors (Lipinski definition) is 1. The molecule has 1 aliphatic heterocycles. The molecule has 0 fully saturated rings. The van der Waals surface area contributed by atoms with E-state index in [9.17, 15) is 0 Å². The molecule has 1 aliphatic rings. The number of dihydropyridines is 1. The van der Waals surface area contributed by atoms with Crippen molar-refractivity contribution in [2.75, 3.05) is 6.54 Å². The van der Waals surface area contributed by atoms with Crippen LogP contribution in [0.2, 0.25) is 0 Å². The first kappa shape index (κ1) is 10.3. The van der Waals surface area contributed by atoms with Gasteiger partial charge in [0.05, 0.1) is 0 Å². The maximum atomic E-state index is 4.50. The normalized spacial score (nSPS) is 19.4. The minimum absolute atomic E-state index is 0.434. The summed E-state index contributed by atoms with van der Waals surface area (Å²) in [6.45, 7) is 2.92. The molecule has 0 spiro atoms. The van der Waals surface area contributed by atoms with Gasteiger partial charge in [-0.25, -0.2) is 0 Å². The van der Waals surface area contributed by atoms with E-state index >= 15 is 0 Å². The summed E-state index contributed by atoms with van der Waals surface area (Å²) >= 11 is 0. The van der Waals surface area contributed by atoms with Gasteiger partial charge in [0, 0.05) is 18.2 Å². The molecule has 0 saturated carbocycles. The van der Waals surface area contributed by atoms with Gasteiger partial charge in [-0.15, -0.1) is 0 Å². The second kappa shape index (κ2) is 4.17. The van der Waals surface area contributed by atoms with Gasteiger partial charge in [-0.3, -0.25) is 4.99 Å². The number of fused-ring (bicyclic) bond motifs is 1. The molecule has 0 aliphatic carbocycles. The molecule has 17 heavy (non-hydrogen) atoms. The van der Waals surface area contributed by atoms with Crippen LogP contribution in [-0.2, 0) is 0 Å². The van der Waals surface area contributed by atoms with Gasteiger partial charge in [-0.2, -0.15) is 0 Å². The Kier molecular flexibility index (Phi) is 2.52. The van der Waals surface area contributed by atoms with Crippen molar-refractivity contribution in [1.29, 1.82) is 0 Å². The zero-order valence-electron chi connectivity index (χ0n) is 9.93. The molecule has 1 atom stereocenters. The predicted octanol–water partition coefficient (Wildman–Crippen LogP) is 3.95. The standard InChI is InChI=1S/C16H15N/c1-12-6-7-16(11-17-12)15-9-8-13-4-2-3-5-14(13)10-15/h2-10,16H,11H2,1H3. The van der Waals surface area contributed by atoms with E-state index in [0.29, 0.717) is 5.92 Å². The molecule has 2 aromatic carbocycles. The van der Waals surface area contributed by atoms with Crippen molar-refractivity contribution in [3.05, 3.63) is 60.2 Å². The summed E-state index contributed by atoms with van der Waals surface area (Å²) < 4.78 is 0. The minimum Gasteiger partial charge on any atom is -0.289 e. The topological polar surface area (TPSA) is 12.4 Å². The third-order valence-corrected chi connectivity index (χ3v) is 3.31. The molecule has 84 valence electrons. The highest BCUT2D eigenvalue weighted by atomic mass is 14.7. The molecule has 0 N–H and O–H groups in total. The van der Waals surface area contributed by atoms with Crippen molar-refractivity contribution in [3.63, 3.8) is 0 Å². The molecule has 1 heteroatoms. The second-order valence-corrected chi connectivity index (χ2v) is 4.55. The van der Waals surface area contributed by atoms with Crippen molar-refractivity contribution in [2.45, 2.75) is 12.8 Å². The van der Waals surface area contributed by atoms with Gasteiger partial charge >= 0.3 is 0 Å². The maximum absolute atomic E-state index is 4.50. The highest BCUT2D eigenvalue weighted by molar-refractivity contribution is 5.93. The SMILES string of the molecule is CC1=NCC(c2ccc3ccccc3c2)C=C1. The van der Waals surface area contributed by atoms with Crippen molar-refractivity contribution in [3.8, 4) is 0 Å². The minimum atomic E-state index is 0.434. The molecule has 0 saturated heterocycles. The van der Waals surface area contributed by atoms with E-state index in [1.165, 1.54) is 16.3 Å². The fourth-order valence-electron chi connectivity index (χ4n) is 2.27. The number of nitrogens with zero attached hydrogens (tertiary/aromatic N) is 1. The molecule has 0 radical (unpaired) electrons. The summed E-state index contributed by atoms with van der Waals surface area (Å²) in [7, 11) is 0. The summed E-state index contributed by atoms with van der Waals surface area (Å²) in [5.74, 6) is 0.434. The van der Waals surface area contributed by atoms with Crippen molar-refractivity contribution in [2.24, 2.45) is 4.99 Å². The molecule has 1 nitrogen and oxygen atoms in total. The van der Waals surface area contributed by atoms with Gasteiger partial charge < -0.3 is 0 Å². The van der Waals surface area contributed by atoms with Crippen molar-refractivity contribution < 1.29 is 0 Å². The Labute approximate surface area is 102 Å². The van der Waals surface area contributed by atoms with E-state index in [0.717, 1.165) is 12.3 Å². The van der Waals surface area contributed by atoms with Crippen molar-refractivity contribution in [1.82, 2.24) is 0 Å². The van der Waals surface area contributed by atoms with Gasteiger partial charge in [0.25, 0.3) is 0 Å². The molecule has 2 aromatic rings. The Morgan fingerprint density at radius 3 is 2.65 bits per heavy atom. The van der Waals surface area contributed by atoms with E-state index in [2.05, 4.69) is 59.6 Å². The summed E-state index contributed by atoms with van der Waals surface area (Å²) in [5.41, 5.74) is 2.48. The van der Waals surface area contributed by atoms with Crippen LogP contribution in [-0.4, -0.2) is 12.3 Å². The first-order chi connectivity index (χ1) is 8.33. The molecule has 3 rings (SSSR count). The van der Waals surface area contributed by atoms with Gasteiger partial charge in [-0.05, 0) is 29.3 Å². The van der Waals surface area contributed by atoms with Crippen LogP contribution >= 0.6 is 0 Å². The Morgan fingerprint density at radius 1 is 1.06 bits per heavy atom. The second-order valence-electron chi connectivity index (χ2n) is 4.55. The van der Waals surface area contributed by atoms with Gasteiger partial charge in [0.15, 0.2) is 0 Å². The summed E-state index contributed by atoms with van der Waals surface area (Å²) in [6.07, 6.45) is 4.37. The zero-order valence-corrected chi connectivity index (χ0v) is 9.93. The fraction of sp³-hybridized carbons (Fsp3) is 0.188. The largest absolute Gasteiger partial charge is 0.289 e. The van der Waals surface area contributed by atoms with Crippen molar-refractivity contribution >= 4 is 16.5 Å². The molecular weight excluding hydrogens is 206 g/mol. The monoisotopic (exact) mass is 221 g/mol.